The van der Waals surface area contributed by atoms with E-state index >= 15 is 0 Å². The lowest BCUT2D eigenvalue weighted by atomic mass is 9.87. The maximum atomic E-state index is 12.3. The van der Waals surface area contributed by atoms with Crippen LogP contribution in [0.1, 0.15) is 42.9 Å². The summed E-state index contributed by atoms with van der Waals surface area (Å²) >= 11 is 0. The number of hydrogen-bond donors (Lipinski definition) is 3. The van der Waals surface area contributed by atoms with Gasteiger partial charge in [-0.15, -0.1) is 0 Å². The van der Waals surface area contributed by atoms with Gasteiger partial charge < -0.3 is 20.5 Å². The van der Waals surface area contributed by atoms with Crippen LogP contribution in [-0.2, 0) is 16.0 Å². The monoisotopic (exact) mass is 318 g/mol. The van der Waals surface area contributed by atoms with Crippen molar-refractivity contribution in [1.82, 2.24) is 10.6 Å². The van der Waals surface area contributed by atoms with Gasteiger partial charge in [0, 0.05) is 18.8 Å². The van der Waals surface area contributed by atoms with Crippen LogP contribution in [0.4, 0.5) is 0 Å². The van der Waals surface area contributed by atoms with Crippen molar-refractivity contribution in [2.75, 3.05) is 26.4 Å². The third-order valence-electron chi connectivity index (χ3n) is 5.08. The molecule has 1 aromatic carbocycles. The molecule has 1 heterocycles. The zero-order valence-corrected chi connectivity index (χ0v) is 13.5. The Hall–Kier alpha value is -1.43. The van der Waals surface area contributed by atoms with Gasteiger partial charge in [0.25, 0.3) is 0 Å². The summed E-state index contributed by atoms with van der Waals surface area (Å²) in [5.41, 5.74) is 2.21. The van der Waals surface area contributed by atoms with Crippen LogP contribution in [0.3, 0.4) is 0 Å². The largest absolute Gasteiger partial charge is 0.394 e. The smallest absolute Gasteiger partial charge is 0.234 e. The summed E-state index contributed by atoms with van der Waals surface area (Å²) in [5.74, 6) is -0.00831. The van der Waals surface area contributed by atoms with Crippen LogP contribution in [0.15, 0.2) is 24.3 Å². The number of aliphatic hydroxyl groups is 1. The fourth-order valence-electron chi connectivity index (χ4n) is 3.57. The van der Waals surface area contributed by atoms with Crippen molar-refractivity contribution in [2.45, 2.75) is 43.7 Å². The van der Waals surface area contributed by atoms with Gasteiger partial charge in [-0.2, -0.15) is 0 Å². The third kappa shape index (κ3) is 3.91. The highest BCUT2D eigenvalue weighted by molar-refractivity contribution is 5.78. The molecule has 23 heavy (non-hydrogen) atoms. The van der Waals surface area contributed by atoms with Crippen molar-refractivity contribution in [1.29, 1.82) is 0 Å². The normalized spacial score (nSPS) is 23.1. The first-order chi connectivity index (χ1) is 11.2. The van der Waals surface area contributed by atoms with Crippen molar-refractivity contribution in [2.24, 2.45) is 0 Å². The lowest BCUT2D eigenvalue weighted by Crippen LogP contribution is -2.55. The van der Waals surface area contributed by atoms with E-state index < -0.39 is 0 Å². The number of amides is 1. The number of nitrogens with one attached hydrogen (secondary N) is 2. The fraction of sp³-hybridized carbons (Fsp3) is 0.611. The van der Waals surface area contributed by atoms with Crippen LogP contribution in [0.5, 0.6) is 0 Å². The predicted octanol–water partition coefficient (Wildman–Crippen LogP) is 1.31. The van der Waals surface area contributed by atoms with E-state index in [4.69, 9.17) is 4.74 Å². The van der Waals surface area contributed by atoms with Gasteiger partial charge in [0.1, 0.15) is 0 Å². The fourth-order valence-corrected chi connectivity index (χ4v) is 3.57. The standard InChI is InChI=1S/C18H26N2O3/c21-13-18(8-10-23-11-9-18)19-12-17(22)20-16-7-3-5-14-4-1-2-6-15(14)16/h1-2,4,6,16,19,21H,3,5,7-13H2,(H,20,22)/t16-/m0/s1. The Morgan fingerprint density at radius 3 is 2.87 bits per heavy atom. The van der Waals surface area contributed by atoms with Crippen LogP contribution in [-0.4, -0.2) is 42.9 Å². The van der Waals surface area contributed by atoms with E-state index in [1.165, 1.54) is 11.1 Å². The SMILES string of the molecule is O=C(CNC1(CO)CCOCC1)N[C@H]1CCCc2ccccc21. The molecule has 1 amide bonds. The average molecular weight is 318 g/mol. The van der Waals surface area contributed by atoms with Crippen LogP contribution >= 0.6 is 0 Å². The quantitative estimate of drug-likeness (QED) is 0.765. The minimum Gasteiger partial charge on any atom is -0.394 e. The summed E-state index contributed by atoms with van der Waals surface area (Å²) in [7, 11) is 0. The zero-order chi connectivity index (χ0) is 16.1. The second-order valence-electron chi connectivity index (χ2n) is 6.62. The van der Waals surface area contributed by atoms with Crippen LogP contribution in [0.2, 0.25) is 0 Å². The highest BCUT2D eigenvalue weighted by Gasteiger charge is 2.32. The zero-order valence-electron chi connectivity index (χ0n) is 13.5. The van der Waals surface area contributed by atoms with E-state index in [9.17, 15) is 9.90 Å². The summed E-state index contributed by atoms with van der Waals surface area (Å²) in [6, 6.07) is 8.45. The molecule has 2 aliphatic rings. The second kappa shape index (κ2) is 7.43. The summed E-state index contributed by atoms with van der Waals surface area (Å²) in [6.45, 7) is 1.53. The molecule has 3 N–H and O–H groups in total. The first-order valence-electron chi connectivity index (χ1n) is 8.53. The Bertz CT molecular complexity index is 541. The molecular weight excluding hydrogens is 292 g/mol. The van der Waals surface area contributed by atoms with Gasteiger partial charge in [0.2, 0.25) is 5.91 Å². The number of ether oxygens (including phenoxy) is 1. The molecule has 126 valence electrons. The lowest BCUT2D eigenvalue weighted by molar-refractivity contribution is -0.121. The maximum absolute atomic E-state index is 12.3. The van der Waals surface area contributed by atoms with Gasteiger partial charge in [-0.1, -0.05) is 24.3 Å². The summed E-state index contributed by atoms with van der Waals surface area (Å²) in [4.78, 5) is 12.3. The molecule has 0 unspecified atom stereocenters. The minimum absolute atomic E-state index is 0.00831. The molecule has 0 bridgehead atoms. The molecule has 1 fully saturated rings. The van der Waals surface area contributed by atoms with Crippen molar-refractivity contribution in [3.8, 4) is 0 Å². The molecular formula is C18H26N2O3. The number of rotatable bonds is 5. The van der Waals surface area contributed by atoms with E-state index in [-0.39, 0.29) is 30.6 Å². The lowest BCUT2D eigenvalue weighted by Gasteiger charge is -2.36. The highest BCUT2D eigenvalue weighted by atomic mass is 16.5. The molecule has 1 aliphatic carbocycles. The molecule has 1 saturated heterocycles. The van der Waals surface area contributed by atoms with Gasteiger partial charge in [-0.05, 0) is 43.2 Å². The first kappa shape index (κ1) is 16.4. The summed E-state index contributed by atoms with van der Waals surface area (Å²) in [6.07, 6.45) is 4.66. The predicted molar refractivity (Wildman–Crippen MR) is 88.1 cm³/mol. The topological polar surface area (TPSA) is 70.6 Å². The van der Waals surface area contributed by atoms with E-state index in [1.54, 1.807) is 0 Å². The number of fused-ring (bicyclic) bond motifs is 1. The van der Waals surface area contributed by atoms with E-state index in [1.807, 2.05) is 6.07 Å². The van der Waals surface area contributed by atoms with Crippen LogP contribution in [0.25, 0.3) is 0 Å². The number of benzene rings is 1. The third-order valence-corrected chi connectivity index (χ3v) is 5.08. The second-order valence-corrected chi connectivity index (χ2v) is 6.62. The molecule has 1 aliphatic heterocycles. The Kier molecular flexibility index (Phi) is 5.30. The number of aliphatic hydroxyl groups excluding tert-OH is 1. The van der Waals surface area contributed by atoms with Crippen LogP contribution < -0.4 is 10.6 Å². The van der Waals surface area contributed by atoms with E-state index in [0.717, 1.165) is 32.1 Å². The first-order valence-corrected chi connectivity index (χ1v) is 8.53. The average Bonchev–Trinajstić information content (AvgIpc) is 2.61. The molecule has 1 atom stereocenters. The van der Waals surface area contributed by atoms with Crippen molar-refractivity contribution < 1.29 is 14.6 Å². The molecule has 1 aromatic rings. The van der Waals surface area contributed by atoms with Crippen molar-refractivity contribution >= 4 is 5.91 Å². The van der Waals surface area contributed by atoms with Gasteiger partial charge in [-0.25, -0.2) is 0 Å². The molecule has 0 spiro atoms. The number of aryl methyl sites for hydroxylation is 1. The Morgan fingerprint density at radius 2 is 2.09 bits per heavy atom. The van der Waals surface area contributed by atoms with E-state index in [2.05, 4.69) is 28.8 Å². The Balaban J connectivity index is 1.56. The van der Waals surface area contributed by atoms with Gasteiger partial charge >= 0.3 is 0 Å². The summed E-state index contributed by atoms with van der Waals surface area (Å²) in [5, 5.41) is 16.1. The van der Waals surface area contributed by atoms with Gasteiger partial charge in [-0.3, -0.25) is 4.79 Å². The van der Waals surface area contributed by atoms with Gasteiger partial charge in [0.15, 0.2) is 0 Å². The molecule has 0 saturated carbocycles. The van der Waals surface area contributed by atoms with Gasteiger partial charge in [0.05, 0.1) is 19.2 Å². The maximum Gasteiger partial charge on any atom is 0.234 e. The molecule has 5 heteroatoms. The highest BCUT2D eigenvalue weighted by Crippen LogP contribution is 2.29. The number of hydrogen-bond acceptors (Lipinski definition) is 4. The molecule has 3 rings (SSSR count). The molecule has 0 radical (unpaired) electrons. The Morgan fingerprint density at radius 1 is 1.30 bits per heavy atom. The number of carbonyl (C=O) groups excluding carboxylic acids is 1. The molecule has 0 aromatic heterocycles. The van der Waals surface area contributed by atoms with Crippen molar-refractivity contribution in [3.63, 3.8) is 0 Å². The number of carbonyl (C=O) groups is 1. The Labute approximate surface area is 137 Å². The minimum atomic E-state index is -0.375. The molecule has 5 nitrogen and oxygen atoms in total. The summed E-state index contributed by atoms with van der Waals surface area (Å²) < 4.78 is 5.34. The van der Waals surface area contributed by atoms with Crippen LogP contribution in [0, 0.1) is 0 Å². The van der Waals surface area contributed by atoms with Crippen molar-refractivity contribution in [3.05, 3.63) is 35.4 Å². The van der Waals surface area contributed by atoms with E-state index in [0.29, 0.717) is 13.2 Å².